The van der Waals surface area contributed by atoms with Crippen LogP contribution in [0.2, 0.25) is 0 Å². The summed E-state index contributed by atoms with van der Waals surface area (Å²) in [5, 5.41) is 12.3. The van der Waals surface area contributed by atoms with Crippen molar-refractivity contribution < 1.29 is 23.0 Å². The second-order valence-corrected chi connectivity index (χ2v) is 3.18. The van der Waals surface area contributed by atoms with Gasteiger partial charge in [0.1, 0.15) is 5.56 Å². The van der Waals surface area contributed by atoms with E-state index in [1.165, 1.54) is 6.07 Å². The summed E-state index contributed by atoms with van der Waals surface area (Å²) in [4.78, 5) is 0. The molecule has 0 heterocycles. The third kappa shape index (κ3) is 2.38. The summed E-state index contributed by atoms with van der Waals surface area (Å²) in [5.74, 6) is -1.02. The number of phenols is 1. The van der Waals surface area contributed by atoms with Gasteiger partial charge >= 0.3 is 6.18 Å². The molecule has 0 saturated carbocycles. The van der Waals surface area contributed by atoms with E-state index in [1.54, 1.807) is 7.05 Å². The molecule has 1 aromatic carbocycles. The molecule has 6 heteroatoms. The van der Waals surface area contributed by atoms with Crippen LogP contribution in [0.4, 0.5) is 13.2 Å². The van der Waals surface area contributed by atoms with Gasteiger partial charge in [-0.25, -0.2) is 0 Å². The molecular formula is C10H12F3NO2. The lowest BCUT2D eigenvalue weighted by molar-refractivity contribution is -0.138. The van der Waals surface area contributed by atoms with Crippen molar-refractivity contribution >= 4 is 0 Å². The maximum absolute atomic E-state index is 12.5. The summed E-state index contributed by atoms with van der Waals surface area (Å²) in [6.07, 6.45) is -4.54. The van der Waals surface area contributed by atoms with E-state index in [0.29, 0.717) is 5.56 Å². The summed E-state index contributed by atoms with van der Waals surface area (Å²) in [6, 6.07) is 2.11. The molecule has 0 radical (unpaired) electrons. The molecule has 1 rings (SSSR count). The first-order valence-electron chi connectivity index (χ1n) is 4.52. The summed E-state index contributed by atoms with van der Waals surface area (Å²) < 4.78 is 42.2. The fraction of sp³-hybridized carbons (Fsp3) is 0.400. The summed E-state index contributed by atoms with van der Waals surface area (Å²) >= 11 is 0. The van der Waals surface area contributed by atoms with Crippen LogP contribution in [0, 0.1) is 0 Å². The van der Waals surface area contributed by atoms with Crippen molar-refractivity contribution in [2.24, 2.45) is 0 Å². The number of benzene rings is 1. The van der Waals surface area contributed by atoms with Crippen molar-refractivity contribution in [3.63, 3.8) is 0 Å². The van der Waals surface area contributed by atoms with Crippen molar-refractivity contribution in [1.82, 2.24) is 5.32 Å². The average Bonchev–Trinajstić information content (AvgIpc) is 2.19. The Morgan fingerprint density at radius 1 is 1.38 bits per heavy atom. The van der Waals surface area contributed by atoms with Gasteiger partial charge in [-0.2, -0.15) is 13.2 Å². The van der Waals surface area contributed by atoms with Gasteiger partial charge in [0.15, 0.2) is 11.5 Å². The zero-order valence-electron chi connectivity index (χ0n) is 8.85. The van der Waals surface area contributed by atoms with Crippen LogP contribution in [0.15, 0.2) is 12.1 Å². The van der Waals surface area contributed by atoms with Crippen LogP contribution in [-0.2, 0) is 12.7 Å². The predicted octanol–water partition coefficient (Wildman–Crippen LogP) is 2.14. The van der Waals surface area contributed by atoms with Crippen molar-refractivity contribution in [2.75, 3.05) is 14.2 Å². The highest BCUT2D eigenvalue weighted by Gasteiger charge is 2.36. The van der Waals surface area contributed by atoms with Gasteiger partial charge in [0, 0.05) is 12.1 Å². The molecule has 0 bridgehead atoms. The van der Waals surface area contributed by atoms with E-state index in [2.05, 4.69) is 10.1 Å². The van der Waals surface area contributed by atoms with Gasteiger partial charge in [0.25, 0.3) is 0 Å². The number of phenolic OH excluding ortho intramolecular Hbond substituents is 1. The van der Waals surface area contributed by atoms with Crippen molar-refractivity contribution in [2.45, 2.75) is 12.7 Å². The van der Waals surface area contributed by atoms with Crippen molar-refractivity contribution in [1.29, 1.82) is 0 Å². The molecular weight excluding hydrogens is 223 g/mol. The quantitative estimate of drug-likeness (QED) is 0.843. The average molecular weight is 235 g/mol. The molecule has 0 saturated heterocycles. The Balaban J connectivity index is 3.29. The molecule has 0 fully saturated rings. The number of aromatic hydroxyl groups is 1. The van der Waals surface area contributed by atoms with E-state index >= 15 is 0 Å². The number of rotatable bonds is 3. The molecule has 0 aliphatic carbocycles. The number of methoxy groups -OCH3 is 1. The Bertz CT molecular complexity index is 377. The highest BCUT2D eigenvalue weighted by atomic mass is 19.4. The Hall–Kier alpha value is -1.43. The van der Waals surface area contributed by atoms with E-state index in [4.69, 9.17) is 0 Å². The number of hydrogen-bond donors (Lipinski definition) is 2. The fourth-order valence-electron chi connectivity index (χ4n) is 1.37. The van der Waals surface area contributed by atoms with Crippen LogP contribution in [0.5, 0.6) is 11.5 Å². The number of halogens is 3. The summed E-state index contributed by atoms with van der Waals surface area (Å²) in [6.45, 7) is 0.264. The highest BCUT2D eigenvalue weighted by molar-refractivity contribution is 5.52. The third-order valence-electron chi connectivity index (χ3n) is 2.09. The molecule has 0 spiro atoms. The molecule has 0 aliphatic heterocycles. The number of nitrogens with one attached hydrogen (secondary N) is 1. The highest BCUT2D eigenvalue weighted by Crippen LogP contribution is 2.42. The maximum Gasteiger partial charge on any atom is 0.420 e. The Morgan fingerprint density at radius 2 is 2.00 bits per heavy atom. The van der Waals surface area contributed by atoms with Gasteiger partial charge in [-0.1, -0.05) is 6.07 Å². The van der Waals surface area contributed by atoms with Crippen LogP contribution < -0.4 is 10.1 Å². The zero-order valence-corrected chi connectivity index (χ0v) is 8.85. The van der Waals surface area contributed by atoms with E-state index < -0.39 is 23.2 Å². The van der Waals surface area contributed by atoms with E-state index in [0.717, 1.165) is 13.2 Å². The number of ether oxygens (including phenoxy) is 1. The molecule has 0 amide bonds. The van der Waals surface area contributed by atoms with Gasteiger partial charge in [0.05, 0.1) is 7.11 Å². The van der Waals surface area contributed by atoms with Crippen LogP contribution in [0.25, 0.3) is 0 Å². The predicted molar refractivity (Wildman–Crippen MR) is 52.4 cm³/mol. The second-order valence-electron chi connectivity index (χ2n) is 3.18. The molecule has 0 atom stereocenters. The van der Waals surface area contributed by atoms with E-state index in [1.807, 2.05) is 0 Å². The lowest BCUT2D eigenvalue weighted by atomic mass is 10.1. The Morgan fingerprint density at radius 3 is 2.44 bits per heavy atom. The van der Waals surface area contributed by atoms with Crippen LogP contribution >= 0.6 is 0 Å². The SMILES string of the molecule is CNCc1ccc(C(F)(F)F)c(OC)c1O. The van der Waals surface area contributed by atoms with Gasteiger partial charge in [-0.15, -0.1) is 0 Å². The topological polar surface area (TPSA) is 41.5 Å². The maximum atomic E-state index is 12.5. The van der Waals surface area contributed by atoms with Gasteiger partial charge in [-0.3, -0.25) is 0 Å². The Kier molecular flexibility index (Phi) is 3.64. The fourth-order valence-corrected chi connectivity index (χ4v) is 1.37. The van der Waals surface area contributed by atoms with E-state index in [9.17, 15) is 18.3 Å². The van der Waals surface area contributed by atoms with E-state index in [-0.39, 0.29) is 6.54 Å². The minimum Gasteiger partial charge on any atom is -0.504 e. The molecule has 90 valence electrons. The lowest BCUT2D eigenvalue weighted by Crippen LogP contribution is -2.10. The Labute approximate surface area is 90.8 Å². The first-order chi connectivity index (χ1) is 7.41. The number of hydrogen-bond acceptors (Lipinski definition) is 3. The molecule has 0 aromatic heterocycles. The minimum atomic E-state index is -4.54. The first-order valence-corrected chi connectivity index (χ1v) is 4.52. The minimum absolute atomic E-state index is 0.264. The summed E-state index contributed by atoms with van der Waals surface area (Å²) in [5.41, 5.74) is -0.625. The standard InChI is InChI=1S/C10H12F3NO2/c1-14-5-6-3-4-7(10(11,12)13)9(16-2)8(6)15/h3-4,14-15H,5H2,1-2H3. The molecule has 1 aromatic rings. The monoisotopic (exact) mass is 235 g/mol. The molecule has 0 unspecified atom stereocenters. The molecule has 2 N–H and O–H groups in total. The normalized spacial score (nSPS) is 11.6. The largest absolute Gasteiger partial charge is 0.504 e. The third-order valence-corrected chi connectivity index (χ3v) is 2.09. The molecule has 3 nitrogen and oxygen atoms in total. The van der Waals surface area contributed by atoms with Gasteiger partial charge in [0.2, 0.25) is 0 Å². The first kappa shape index (κ1) is 12.6. The van der Waals surface area contributed by atoms with Gasteiger partial charge in [-0.05, 0) is 13.1 Å². The van der Waals surface area contributed by atoms with Crippen molar-refractivity contribution in [3.05, 3.63) is 23.3 Å². The summed E-state index contributed by atoms with van der Waals surface area (Å²) in [7, 11) is 2.72. The molecule has 0 aliphatic rings. The van der Waals surface area contributed by atoms with Crippen LogP contribution in [-0.4, -0.2) is 19.3 Å². The zero-order chi connectivity index (χ0) is 12.3. The number of alkyl halides is 3. The van der Waals surface area contributed by atoms with Gasteiger partial charge < -0.3 is 15.2 Å². The second kappa shape index (κ2) is 4.61. The smallest absolute Gasteiger partial charge is 0.420 e. The lowest BCUT2D eigenvalue weighted by Gasteiger charge is -2.15. The van der Waals surface area contributed by atoms with Crippen molar-refractivity contribution in [3.8, 4) is 11.5 Å². The van der Waals surface area contributed by atoms with Crippen LogP contribution in [0.1, 0.15) is 11.1 Å². The molecule has 16 heavy (non-hydrogen) atoms. The van der Waals surface area contributed by atoms with Crippen LogP contribution in [0.3, 0.4) is 0 Å².